The fourth-order valence-corrected chi connectivity index (χ4v) is 5.76. The second kappa shape index (κ2) is 12.2. The monoisotopic (exact) mass is 527 g/mol. The summed E-state index contributed by atoms with van der Waals surface area (Å²) in [6.07, 6.45) is 2.03. The van der Waals surface area contributed by atoms with Gasteiger partial charge in [-0.15, -0.1) is 24.2 Å². The van der Waals surface area contributed by atoms with Crippen molar-refractivity contribution in [3.8, 4) is 0 Å². The maximum atomic E-state index is 13.5. The van der Waals surface area contributed by atoms with Crippen LogP contribution in [0.25, 0.3) is 10.2 Å². The quantitative estimate of drug-likeness (QED) is 0.336. The van der Waals surface area contributed by atoms with E-state index in [1.54, 1.807) is 35.7 Å². The van der Waals surface area contributed by atoms with Crippen LogP contribution >= 0.6 is 35.5 Å². The zero-order chi connectivity index (χ0) is 23.3. The number of thiazole rings is 1. The summed E-state index contributed by atoms with van der Waals surface area (Å²) < 4.78 is 25.3. The standard InChI is InChI=1S/C23H29N3O3S3.ClH/c1-5-25(6-2)14-15-26(23-24-20-13-10-18(30-4)16-21(20)31-23)22(27)17-8-11-19(12-9-17)32(28,29)7-3;/h8-13,16H,5-7,14-15H2,1-4H3;1H. The van der Waals surface area contributed by atoms with Crippen molar-refractivity contribution in [3.05, 3.63) is 48.0 Å². The number of nitrogens with zero attached hydrogens (tertiary/aromatic N) is 3. The average Bonchev–Trinajstić information content (AvgIpc) is 3.24. The average molecular weight is 528 g/mol. The lowest BCUT2D eigenvalue weighted by Crippen LogP contribution is -2.38. The second-order valence-corrected chi connectivity index (χ2v) is 11.4. The van der Waals surface area contributed by atoms with Crippen molar-refractivity contribution in [3.63, 3.8) is 0 Å². The molecule has 3 aromatic rings. The Labute approximate surface area is 210 Å². The number of sulfone groups is 1. The lowest BCUT2D eigenvalue weighted by Gasteiger charge is -2.24. The maximum absolute atomic E-state index is 13.5. The van der Waals surface area contributed by atoms with Crippen molar-refractivity contribution in [2.75, 3.05) is 43.1 Å². The van der Waals surface area contributed by atoms with Gasteiger partial charge in [-0.1, -0.05) is 32.1 Å². The first kappa shape index (κ1) is 27.6. The second-order valence-electron chi connectivity index (χ2n) is 7.24. The number of benzene rings is 2. The highest BCUT2D eigenvalue weighted by molar-refractivity contribution is 7.98. The number of likely N-dealkylation sites (N-methyl/N-ethyl adjacent to an activating group) is 1. The first-order chi connectivity index (χ1) is 15.3. The molecule has 0 spiro atoms. The molecule has 0 N–H and O–H groups in total. The number of hydrogen-bond acceptors (Lipinski definition) is 7. The van der Waals surface area contributed by atoms with Gasteiger partial charge < -0.3 is 4.90 Å². The maximum Gasteiger partial charge on any atom is 0.260 e. The molecule has 0 aliphatic carbocycles. The van der Waals surface area contributed by atoms with Crippen LogP contribution in [-0.4, -0.2) is 62.4 Å². The summed E-state index contributed by atoms with van der Waals surface area (Å²) in [7, 11) is -3.31. The number of carbonyl (C=O) groups excluding carboxylic acids is 1. The predicted octanol–water partition coefficient (Wildman–Crippen LogP) is 5.22. The number of rotatable bonds is 10. The molecule has 33 heavy (non-hydrogen) atoms. The van der Waals surface area contributed by atoms with Gasteiger partial charge in [-0.3, -0.25) is 9.69 Å². The van der Waals surface area contributed by atoms with Gasteiger partial charge in [0, 0.05) is 23.5 Å². The van der Waals surface area contributed by atoms with E-state index in [1.165, 1.54) is 23.5 Å². The topological polar surface area (TPSA) is 70.6 Å². The molecule has 2 aromatic carbocycles. The lowest BCUT2D eigenvalue weighted by atomic mass is 10.2. The summed E-state index contributed by atoms with van der Waals surface area (Å²) in [5.74, 6) is -0.151. The first-order valence-corrected chi connectivity index (χ1v) is 14.3. The molecule has 10 heteroatoms. The van der Waals surface area contributed by atoms with Gasteiger partial charge in [-0.25, -0.2) is 13.4 Å². The fourth-order valence-electron chi connectivity index (χ4n) is 3.33. The number of fused-ring (bicyclic) bond motifs is 1. The van der Waals surface area contributed by atoms with E-state index in [1.807, 2.05) is 18.4 Å². The lowest BCUT2D eigenvalue weighted by molar-refractivity contribution is 0.0983. The van der Waals surface area contributed by atoms with E-state index in [4.69, 9.17) is 4.98 Å². The minimum atomic E-state index is -3.31. The van der Waals surface area contributed by atoms with Crippen molar-refractivity contribution < 1.29 is 13.2 Å². The molecule has 180 valence electrons. The Bertz CT molecular complexity index is 1180. The molecule has 0 bridgehead atoms. The van der Waals surface area contributed by atoms with Gasteiger partial charge >= 0.3 is 0 Å². The van der Waals surface area contributed by atoms with Crippen molar-refractivity contribution in [2.45, 2.75) is 30.6 Å². The Hall–Kier alpha value is -1.65. The molecule has 0 fully saturated rings. The van der Waals surface area contributed by atoms with Gasteiger partial charge in [-0.2, -0.15) is 0 Å². The molecule has 0 saturated heterocycles. The summed E-state index contributed by atoms with van der Waals surface area (Å²) >= 11 is 3.17. The molecule has 0 radical (unpaired) electrons. The van der Waals surface area contributed by atoms with Crippen LogP contribution in [0, 0.1) is 0 Å². The Morgan fingerprint density at radius 2 is 1.70 bits per heavy atom. The van der Waals surface area contributed by atoms with Crippen LogP contribution in [-0.2, 0) is 9.84 Å². The molecule has 0 unspecified atom stereocenters. The van der Waals surface area contributed by atoms with Gasteiger partial charge in [0.2, 0.25) is 0 Å². The van der Waals surface area contributed by atoms with Gasteiger partial charge in [-0.05, 0) is 61.8 Å². The molecule has 6 nitrogen and oxygen atoms in total. The molecule has 1 heterocycles. The van der Waals surface area contributed by atoms with Gasteiger partial charge in [0.05, 0.1) is 20.9 Å². The molecule has 0 saturated carbocycles. The molecule has 0 atom stereocenters. The first-order valence-electron chi connectivity index (χ1n) is 10.6. The zero-order valence-electron chi connectivity index (χ0n) is 19.3. The molecule has 0 aliphatic rings. The molecule has 0 aliphatic heterocycles. The minimum absolute atomic E-state index is 0. The molecule has 1 aromatic heterocycles. The summed E-state index contributed by atoms with van der Waals surface area (Å²) in [6, 6.07) is 12.3. The Kier molecular flexibility index (Phi) is 10.2. The van der Waals surface area contributed by atoms with E-state index in [-0.39, 0.29) is 29.0 Å². The van der Waals surface area contributed by atoms with E-state index in [0.717, 1.165) is 34.7 Å². The van der Waals surface area contributed by atoms with E-state index in [9.17, 15) is 13.2 Å². The highest BCUT2D eigenvalue weighted by atomic mass is 35.5. The van der Waals surface area contributed by atoms with Gasteiger partial charge in [0.1, 0.15) is 0 Å². The number of thioether (sulfide) groups is 1. The number of anilines is 1. The summed E-state index contributed by atoms with van der Waals surface area (Å²) in [5, 5.41) is 0.653. The molecule has 1 amide bonds. The number of hydrogen-bond donors (Lipinski definition) is 0. The smallest absolute Gasteiger partial charge is 0.260 e. The SMILES string of the molecule is CCN(CC)CCN(C(=O)c1ccc(S(=O)(=O)CC)cc1)c1nc2ccc(SC)cc2s1.Cl. The van der Waals surface area contributed by atoms with Gasteiger partial charge in [0.15, 0.2) is 15.0 Å². The summed E-state index contributed by atoms with van der Waals surface area (Å²) in [5.41, 5.74) is 1.32. The Balaban J connectivity index is 0.00000385. The molecule has 3 rings (SSSR count). The van der Waals surface area contributed by atoms with Crippen molar-refractivity contribution in [1.29, 1.82) is 0 Å². The predicted molar refractivity (Wildman–Crippen MR) is 142 cm³/mol. The fraction of sp³-hybridized carbons (Fsp3) is 0.391. The van der Waals surface area contributed by atoms with Crippen molar-refractivity contribution in [1.82, 2.24) is 9.88 Å². The highest BCUT2D eigenvalue weighted by Gasteiger charge is 2.23. The van der Waals surface area contributed by atoms with Crippen molar-refractivity contribution >= 4 is 66.6 Å². The number of amides is 1. The largest absolute Gasteiger partial charge is 0.302 e. The Morgan fingerprint density at radius 1 is 1.03 bits per heavy atom. The van der Waals surface area contributed by atoms with Crippen LogP contribution in [0.4, 0.5) is 5.13 Å². The summed E-state index contributed by atoms with van der Waals surface area (Å²) in [4.78, 5) is 23.6. The zero-order valence-corrected chi connectivity index (χ0v) is 22.5. The highest BCUT2D eigenvalue weighted by Crippen LogP contribution is 2.32. The van der Waals surface area contributed by atoms with E-state index in [0.29, 0.717) is 17.2 Å². The van der Waals surface area contributed by atoms with Crippen LogP contribution < -0.4 is 4.90 Å². The minimum Gasteiger partial charge on any atom is -0.302 e. The van der Waals surface area contributed by atoms with Crippen LogP contribution in [0.2, 0.25) is 0 Å². The normalized spacial score (nSPS) is 11.5. The summed E-state index contributed by atoms with van der Waals surface area (Å²) in [6.45, 7) is 8.85. The third-order valence-corrected chi connectivity index (χ3v) is 8.95. The number of aromatic nitrogens is 1. The molecular formula is C23H30ClN3O3S3. The third-order valence-electron chi connectivity index (χ3n) is 5.44. The number of halogens is 1. The van der Waals surface area contributed by atoms with Crippen LogP contribution in [0.3, 0.4) is 0 Å². The molecular weight excluding hydrogens is 498 g/mol. The van der Waals surface area contributed by atoms with E-state index in [2.05, 4.69) is 24.8 Å². The van der Waals surface area contributed by atoms with E-state index >= 15 is 0 Å². The Morgan fingerprint density at radius 3 is 2.27 bits per heavy atom. The van der Waals surface area contributed by atoms with Crippen molar-refractivity contribution in [2.24, 2.45) is 0 Å². The third kappa shape index (κ3) is 6.48. The number of carbonyl (C=O) groups is 1. The van der Waals surface area contributed by atoms with Crippen LogP contribution in [0.1, 0.15) is 31.1 Å². The van der Waals surface area contributed by atoms with Gasteiger partial charge in [0.25, 0.3) is 5.91 Å². The van der Waals surface area contributed by atoms with Crippen LogP contribution in [0.5, 0.6) is 0 Å². The van der Waals surface area contributed by atoms with E-state index < -0.39 is 9.84 Å². The van der Waals surface area contributed by atoms with Crippen LogP contribution in [0.15, 0.2) is 52.3 Å².